The van der Waals surface area contributed by atoms with Crippen LogP contribution in [-0.2, 0) is 9.84 Å². The average Bonchev–Trinajstić information content (AvgIpc) is 2.08. The Kier molecular flexibility index (Phi) is 1.50. The van der Waals surface area contributed by atoms with E-state index < -0.39 is 9.84 Å². The predicted octanol–water partition coefficient (Wildman–Crippen LogP) is -0.0584. The maximum Gasteiger partial charge on any atom is 0.232 e. The first kappa shape index (κ1) is 6.63. The molecular formula is C3H4N2O2S2. The highest BCUT2D eigenvalue weighted by Crippen LogP contribution is 2.07. The monoisotopic (exact) mass is 164 g/mol. The van der Waals surface area contributed by atoms with E-state index in [4.69, 9.17) is 0 Å². The summed E-state index contributed by atoms with van der Waals surface area (Å²) in [4.78, 5) is 0. The molecule has 0 aliphatic carbocycles. The summed E-state index contributed by atoms with van der Waals surface area (Å²) in [5, 5.41) is 6.75. The van der Waals surface area contributed by atoms with Crippen molar-refractivity contribution in [1.29, 1.82) is 0 Å². The number of rotatable bonds is 1. The van der Waals surface area contributed by atoms with Gasteiger partial charge in [-0.1, -0.05) is 11.3 Å². The van der Waals surface area contributed by atoms with Crippen molar-refractivity contribution < 1.29 is 8.42 Å². The first-order valence-corrected chi connectivity index (χ1v) is 4.84. The van der Waals surface area contributed by atoms with Gasteiger partial charge in [-0.15, -0.1) is 10.2 Å². The van der Waals surface area contributed by atoms with Crippen LogP contribution in [0.2, 0.25) is 0 Å². The normalized spacial score (nSPS) is 11.7. The van der Waals surface area contributed by atoms with E-state index in [0.717, 1.165) is 17.6 Å². The molecular weight excluding hydrogens is 160 g/mol. The molecule has 0 spiro atoms. The summed E-state index contributed by atoms with van der Waals surface area (Å²) < 4.78 is 21.3. The Balaban J connectivity index is 3.20. The number of aromatic nitrogens is 2. The minimum Gasteiger partial charge on any atom is -0.221 e. The first-order valence-electron chi connectivity index (χ1n) is 2.07. The molecule has 9 heavy (non-hydrogen) atoms. The van der Waals surface area contributed by atoms with Gasteiger partial charge in [-0.05, 0) is 0 Å². The average molecular weight is 164 g/mol. The lowest BCUT2D eigenvalue weighted by Gasteiger charge is -1.83. The van der Waals surface area contributed by atoms with Crippen LogP contribution in [0, 0.1) is 0 Å². The second kappa shape index (κ2) is 2.03. The Labute approximate surface area is 56.5 Å². The lowest BCUT2D eigenvalue weighted by Crippen LogP contribution is -1.95. The molecule has 4 nitrogen and oxygen atoms in total. The minimum atomic E-state index is -3.11. The van der Waals surface area contributed by atoms with E-state index in [-0.39, 0.29) is 4.34 Å². The smallest absolute Gasteiger partial charge is 0.221 e. The molecule has 0 amide bonds. The molecule has 0 aliphatic rings. The number of nitrogens with zero attached hydrogens (tertiary/aromatic N) is 2. The molecule has 1 heterocycles. The van der Waals surface area contributed by atoms with Gasteiger partial charge >= 0.3 is 0 Å². The first-order chi connectivity index (χ1) is 4.11. The molecule has 1 aromatic heterocycles. The highest BCUT2D eigenvalue weighted by Gasteiger charge is 2.09. The van der Waals surface area contributed by atoms with E-state index in [9.17, 15) is 8.42 Å². The van der Waals surface area contributed by atoms with E-state index in [1.807, 2.05) is 0 Å². The van der Waals surface area contributed by atoms with Gasteiger partial charge in [0.05, 0.1) is 0 Å². The molecule has 1 rings (SSSR count). The summed E-state index contributed by atoms with van der Waals surface area (Å²) in [5.74, 6) is 0. The molecule has 50 valence electrons. The van der Waals surface area contributed by atoms with Crippen LogP contribution in [0.1, 0.15) is 0 Å². The largest absolute Gasteiger partial charge is 0.232 e. The second-order valence-electron chi connectivity index (χ2n) is 1.48. The third-order valence-electron chi connectivity index (χ3n) is 0.657. The fraction of sp³-hybridized carbons (Fsp3) is 0.333. The Morgan fingerprint density at radius 3 is 2.56 bits per heavy atom. The van der Waals surface area contributed by atoms with Crippen LogP contribution in [-0.4, -0.2) is 24.9 Å². The summed E-state index contributed by atoms with van der Waals surface area (Å²) in [6.07, 6.45) is 1.10. The molecule has 1 aromatic rings. The molecule has 0 bridgehead atoms. The molecule has 0 fully saturated rings. The maximum atomic E-state index is 10.6. The van der Waals surface area contributed by atoms with Crippen LogP contribution < -0.4 is 0 Å². The zero-order valence-electron chi connectivity index (χ0n) is 4.60. The van der Waals surface area contributed by atoms with Gasteiger partial charge in [0.1, 0.15) is 5.51 Å². The zero-order valence-corrected chi connectivity index (χ0v) is 6.24. The topological polar surface area (TPSA) is 59.9 Å². The van der Waals surface area contributed by atoms with E-state index >= 15 is 0 Å². The second-order valence-corrected chi connectivity index (χ2v) is 4.50. The lowest BCUT2D eigenvalue weighted by molar-refractivity contribution is 0.600. The van der Waals surface area contributed by atoms with E-state index in [2.05, 4.69) is 10.2 Å². The Morgan fingerprint density at radius 1 is 1.67 bits per heavy atom. The van der Waals surface area contributed by atoms with E-state index in [1.54, 1.807) is 0 Å². The van der Waals surface area contributed by atoms with Crippen LogP contribution in [0.15, 0.2) is 9.85 Å². The van der Waals surface area contributed by atoms with Crippen LogP contribution in [0.3, 0.4) is 0 Å². The Morgan fingerprint density at radius 2 is 2.33 bits per heavy atom. The Bertz CT molecular complexity index is 275. The van der Waals surface area contributed by atoms with Gasteiger partial charge in [0, 0.05) is 6.26 Å². The zero-order chi connectivity index (χ0) is 6.91. The number of sulfone groups is 1. The van der Waals surface area contributed by atoms with Gasteiger partial charge in [-0.25, -0.2) is 8.42 Å². The molecule has 0 unspecified atom stereocenters. The van der Waals surface area contributed by atoms with Crippen molar-refractivity contribution in [2.75, 3.05) is 6.26 Å². The van der Waals surface area contributed by atoms with Gasteiger partial charge < -0.3 is 0 Å². The molecule has 0 saturated heterocycles. The lowest BCUT2D eigenvalue weighted by atomic mass is 11.6. The molecule has 6 heteroatoms. The van der Waals surface area contributed by atoms with Crippen molar-refractivity contribution in [3.05, 3.63) is 5.51 Å². The molecule has 0 atom stereocenters. The minimum absolute atomic E-state index is 0.0718. The molecule has 0 aromatic carbocycles. The molecule has 0 radical (unpaired) electrons. The van der Waals surface area contributed by atoms with Gasteiger partial charge in [0.2, 0.25) is 14.2 Å². The molecule has 0 saturated carbocycles. The number of hydrogen-bond donors (Lipinski definition) is 0. The van der Waals surface area contributed by atoms with Crippen LogP contribution in [0.25, 0.3) is 0 Å². The van der Waals surface area contributed by atoms with Gasteiger partial charge in [0.25, 0.3) is 0 Å². The summed E-state index contributed by atoms with van der Waals surface area (Å²) in [7, 11) is -3.11. The van der Waals surface area contributed by atoms with Gasteiger partial charge in [-0.3, -0.25) is 0 Å². The van der Waals surface area contributed by atoms with E-state index in [0.29, 0.717) is 0 Å². The quantitative estimate of drug-likeness (QED) is 0.583. The molecule has 0 N–H and O–H groups in total. The summed E-state index contributed by atoms with van der Waals surface area (Å²) in [5.41, 5.74) is 1.39. The highest BCUT2D eigenvalue weighted by atomic mass is 32.2. The third kappa shape index (κ3) is 1.46. The van der Waals surface area contributed by atoms with Gasteiger partial charge in [0.15, 0.2) is 0 Å². The van der Waals surface area contributed by atoms with Crippen LogP contribution in [0.5, 0.6) is 0 Å². The van der Waals surface area contributed by atoms with Crippen molar-refractivity contribution in [2.45, 2.75) is 4.34 Å². The Hall–Kier alpha value is -0.490. The van der Waals surface area contributed by atoms with Crippen molar-refractivity contribution >= 4 is 21.2 Å². The van der Waals surface area contributed by atoms with Crippen LogP contribution >= 0.6 is 11.3 Å². The number of hydrogen-bond acceptors (Lipinski definition) is 5. The standard InChI is InChI=1S/C3H4N2O2S2/c1-9(6,7)3-5-4-2-8-3/h2H,1H3. The van der Waals surface area contributed by atoms with Crippen molar-refractivity contribution in [3.63, 3.8) is 0 Å². The predicted molar refractivity (Wildman–Crippen MR) is 33.0 cm³/mol. The summed E-state index contributed by atoms with van der Waals surface area (Å²) >= 11 is 1.02. The SMILES string of the molecule is CS(=O)(=O)c1nncs1. The van der Waals surface area contributed by atoms with Crippen molar-refractivity contribution in [2.24, 2.45) is 0 Å². The molecule has 0 aliphatic heterocycles. The fourth-order valence-electron chi connectivity index (χ4n) is 0.324. The van der Waals surface area contributed by atoms with E-state index in [1.165, 1.54) is 5.51 Å². The highest BCUT2D eigenvalue weighted by molar-refractivity contribution is 7.92. The third-order valence-corrected chi connectivity index (χ3v) is 3.05. The van der Waals surface area contributed by atoms with Crippen molar-refractivity contribution in [1.82, 2.24) is 10.2 Å². The summed E-state index contributed by atoms with van der Waals surface area (Å²) in [6.45, 7) is 0. The van der Waals surface area contributed by atoms with Crippen molar-refractivity contribution in [3.8, 4) is 0 Å². The van der Waals surface area contributed by atoms with Gasteiger partial charge in [-0.2, -0.15) is 0 Å². The summed E-state index contributed by atoms with van der Waals surface area (Å²) in [6, 6.07) is 0. The van der Waals surface area contributed by atoms with Crippen LogP contribution in [0.4, 0.5) is 0 Å². The fourth-order valence-corrected chi connectivity index (χ4v) is 1.63. The maximum absolute atomic E-state index is 10.6.